The number of carbonyl (C=O) groups excluding carboxylic acids is 1. The van der Waals surface area contributed by atoms with Crippen molar-refractivity contribution < 1.29 is 4.79 Å². The van der Waals surface area contributed by atoms with Gasteiger partial charge >= 0.3 is 0 Å². The zero-order valence-electron chi connectivity index (χ0n) is 15.5. The summed E-state index contributed by atoms with van der Waals surface area (Å²) >= 11 is 1.85. The molecule has 0 radical (unpaired) electrons. The average Bonchev–Trinajstić information content (AvgIpc) is 2.70. The van der Waals surface area contributed by atoms with Crippen molar-refractivity contribution in [1.82, 2.24) is 5.32 Å². The van der Waals surface area contributed by atoms with E-state index in [0.717, 1.165) is 30.2 Å². The van der Waals surface area contributed by atoms with Crippen molar-refractivity contribution in [2.24, 2.45) is 0 Å². The fourth-order valence-corrected chi connectivity index (χ4v) is 4.01. The highest BCUT2D eigenvalue weighted by molar-refractivity contribution is 7.98. The molecule has 3 rings (SSSR count). The molecule has 1 N–H and O–H groups in total. The van der Waals surface area contributed by atoms with Crippen LogP contribution in [0.2, 0.25) is 0 Å². The van der Waals surface area contributed by atoms with E-state index in [0.29, 0.717) is 6.54 Å². The number of carbonyl (C=O) groups is 1. The fraction of sp³-hybridized carbons (Fsp3) is 0.409. The van der Waals surface area contributed by atoms with Gasteiger partial charge in [0.1, 0.15) is 0 Å². The number of anilines is 1. The van der Waals surface area contributed by atoms with Crippen LogP contribution in [0, 0.1) is 6.92 Å². The molecule has 0 bridgehead atoms. The standard InChI is InChI=1S/C22H28N2OS/c1-18-5-7-19(8-6-18)17-26-16-13-23-22(25)20-9-11-21(12-10-20)24-14-3-2-4-15-24/h5-12H,2-4,13-17H2,1H3,(H,23,25). The minimum Gasteiger partial charge on any atom is -0.372 e. The van der Waals surface area contributed by atoms with E-state index in [4.69, 9.17) is 0 Å². The quantitative estimate of drug-likeness (QED) is 0.722. The van der Waals surface area contributed by atoms with Gasteiger partial charge in [0.05, 0.1) is 0 Å². The zero-order valence-corrected chi connectivity index (χ0v) is 16.4. The molecule has 1 fully saturated rings. The molecular formula is C22H28N2OS. The number of amides is 1. The van der Waals surface area contributed by atoms with Gasteiger partial charge in [-0.05, 0) is 56.0 Å². The second-order valence-corrected chi connectivity index (χ2v) is 7.99. The van der Waals surface area contributed by atoms with Crippen LogP contribution in [0.25, 0.3) is 0 Å². The van der Waals surface area contributed by atoms with E-state index in [1.807, 2.05) is 23.9 Å². The number of nitrogens with one attached hydrogen (secondary N) is 1. The molecule has 1 saturated heterocycles. The summed E-state index contributed by atoms with van der Waals surface area (Å²) in [6, 6.07) is 16.7. The van der Waals surface area contributed by atoms with Crippen molar-refractivity contribution in [3.05, 3.63) is 65.2 Å². The second-order valence-electron chi connectivity index (χ2n) is 6.89. The maximum atomic E-state index is 12.3. The van der Waals surface area contributed by atoms with Gasteiger partial charge in [-0.25, -0.2) is 0 Å². The lowest BCUT2D eigenvalue weighted by molar-refractivity contribution is 0.0956. The summed E-state index contributed by atoms with van der Waals surface area (Å²) in [7, 11) is 0. The van der Waals surface area contributed by atoms with E-state index in [1.165, 1.54) is 36.1 Å². The number of benzene rings is 2. The van der Waals surface area contributed by atoms with E-state index in [-0.39, 0.29) is 5.91 Å². The third-order valence-corrected chi connectivity index (χ3v) is 5.80. The summed E-state index contributed by atoms with van der Waals surface area (Å²) < 4.78 is 0. The van der Waals surface area contributed by atoms with Crippen LogP contribution in [0.5, 0.6) is 0 Å². The lowest BCUT2D eigenvalue weighted by atomic mass is 10.1. The number of piperidine rings is 1. The fourth-order valence-electron chi connectivity index (χ4n) is 3.19. The number of aryl methyl sites for hydroxylation is 1. The van der Waals surface area contributed by atoms with Crippen LogP contribution < -0.4 is 10.2 Å². The van der Waals surface area contributed by atoms with E-state index in [1.54, 1.807) is 0 Å². The first-order chi connectivity index (χ1) is 12.7. The maximum absolute atomic E-state index is 12.3. The number of thioether (sulfide) groups is 1. The molecule has 0 unspecified atom stereocenters. The summed E-state index contributed by atoms with van der Waals surface area (Å²) in [5.41, 5.74) is 4.60. The third kappa shape index (κ3) is 5.53. The van der Waals surface area contributed by atoms with Gasteiger partial charge in [-0.3, -0.25) is 4.79 Å². The van der Waals surface area contributed by atoms with E-state index in [2.05, 4.69) is 53.5 Å². The Labute approximate surface area is 161 Å². The highest BCUT2D eigenvalue weighted by Gasteiger charge is 2.11. The Morgan fingerprint density at radius 1 is 1.00 bits per heavy atom. The van der Waals surface area contributed by atoms with Crippen LogP contribution in [0.15, 0.2) is 48.5 Å². The Morgan fingerprint density at radius 2 is 1.69 bits per heavy atom. The molecule has 2 aromatic rings. The van der Waals surface area contributed by atoms with Gasteiger partial charge in [-0.15, -0.1) is 0 Å². The molecule has 4 heteroatoms. The molecule has 1 aliphatic rings. The van der Waals surface area contributed by atoms with Gasteiger partial charge in [0, 0.05) is 42.4 Å². The van der Waals surface area contributed by atoms with Crippen LogP contribution in [-0.2, 0) is 5.75 Å². The Hall–Kier alpha value is -1.94. The summed E-state index contributed by atoms with van der Waals surface area (Å²) in [5, 5.41) is 3.02. The number of nitrogens with zero attached hydrogens (tertiary/aromatic N) is 1. The van der Waals surface area contributed by atoms with Crippen LogP contribution in [0.4, 0.5) is 5.69 Å². The van der Waals surface area contributed by atoms with E-state index < -0.39 is 0 Å². The Morgan fingerprint density at radius 3 is 2.38 bits per heavy atom. The molecule has 1 aliphatic heterocycles. The van der Waals surface area contributed by atoms with Crippen molar-refractivity contribution in [2.45, 2.75) is 31.9 Å². The minimum absolute atomic E-state index is 0.0196. The molecule has 1 heterocycles. The molecule has 0 saturated carbocycles. The van der Waals surface area contributed by atoms with Gasteiger partial charge in [0.15, 0.2) is 0 Å². The molecule has 2 aromatic carbocycles. The minimum atomic E-state index is 0.0196. The average molecular weight is 369 g/mol. The Balaban J connectivity index is 1.38. The molecule has 138 valence electrons. The van der Waals surface area contributed by atoms with Gasteiger partial charge in [0.25, 0.3) is 5.91 Å². The van der Waals surface area contributed by atoms with Crippen molar-refractivity contribution in [2.75, 3.05) is 30.3 Å². The monoisotopic (exact) mass is 368 g/mol. The number of hydrogen-bond acceptors (Lipinski definition) is 3. The lowest BCUT2D eigenvalue weighted by Crippen LogP contribution is -2.29. The van der Waals surface area contributed by atoms with Crippen molar-refractivity contribution >= 4 is 23.4 Å². The van der Waals surface area contributed by atoms with Crippen LogP contribution in [-0.4, -0.2) is 31.3 Å². The first kappa shape index (κ1) is 18.8. The molecule has 3 nitrogen and oxygen atoms in total. The van der Waals surface area contributed by atoms with E-state index in [9.17, 15) is 4.79 Å². The molecule has 26 heavy (non-hydrogen) atoms. The largest absolute Gasteiger partial charge is 0.372 e. The normalized spacial score (nSPS) is 14.3. The van der Waals surface area contributed by atoms with Gasteiger partial charge in [-0.2, -0.15) is 11.8 Å². The molecule has 0 aromatic heterocycles. The van der Waals surface area contributed by atoms with Crippen LogP contribution in [0.1, 0.15) is 40.7 Å². The molecule has 0 atom stereocenters. The maximum Gasteiger partial charge on any atom is 0.251 e. The first-order valence-electron chi connectivity index (χ1n) is 9.49. The Bertz CT molecular complexity index is 691. The van der Waals surface area contributed by atoms with Gasteiger partial charge in [-0.1, -0.05) is 29.8 Å². The molecule has 0 spiro atoms. The summed E-state index contributed by atoms with van der Waals surface area (Å²) in [4.78, 5) is 14.7. The van der Waals surface area contributed by atoms with Crippen LogP contribution in [0.3, 0.4) is 0 Å². The Kier molecular flexibility index (Phi) is 7.01. The lowest BCUT2D eigenvalue weighted by Gasteiger charge is -2.28. The number of rotatable bonds is 7. The third-order valence-electron chi connectivity index (χ3n) is 4.77. The zero-order chi connectivity index (χ0) is 18.2. The summed E-state index contributed by atoms with van der Waals surface area (Å²) in [6.45, 7) is 5.06. The van der Waals surface area contributed by atoms with E-state index >= 15 is 0 Å². The number of hydrogen-bond donors (Lipinski definition) is 1. The molecule has 1 amide bonds. The highest BCUT2D eigenvalue weighted by Crippen LogP contribution is 2.20. The summed E-state index contributed by atoms with van der Waals surface area (Å²) in [5.74, 6) is 1.93. The highest BCUT2D eigenvalue weighted by atomic mass is 32.2. The van der Waals surface area contributed by atoms with Crippen molar-refractivity contribution in [3.63, 3.8) is 0 Å². The SMILES string of the molecule is Cc1ccc(CSCCNC(=O)c2ccc(N3CCCCC3)cc2)cc1. The molecule has 0 aliphatic carbocycles. The van der Waals surface area contributed by atoms with Gasteiger partial charge in [0.2, 0.25) is 0 Å². The topological polar surface area (TPSA) is 32.3 Å². The first-order valence-corrected chi connectivity index (χ1v) is 10.6. The van der Waals surface area contributed by atoms with Gasteiger partial charge < -0.3 is 10.2 Å². The predicted molar refractivity (Wildman–Crippen MR) is 112 cm³/mol. The van der Waals surface area contributed by atoms with Crippen molar-refractivity contribution in [1.29, 1.82) is 0 Å². The summed E-state index contributed by atoms with van der Waals surface area (Å²) in [6.07, 6.45) is 3.86. The van der Waals surface area contributed by atoms with Crippen LogP contribution >= 0.6 is 11.8 Å². The molecular weight excluding hydrogens is 340 g/mol. The second kappa shape index (κ2) is 9.67. The predicted octanol–water partition coefficient (Wildman–Crippen LogP) is 4.65. The van der Waals surface area contributed by atoms with Crippen molar-refractivity contribution in [3.8, 4) is 0 Å². The smallest absolute Gasteiger partial charge is 0.251 e.